The Hall–Kier alpha value is -2.91. The van der Waals surface area contributed by atoms with E-state index in [2.05, 4.69) is 5.32 Å². The summed E-state index contributed by atoms with van der Waals surface area (Å²) < 4.78 is 10.0. The van der Waals surface area contributed by atoms with Gasteiger partial charge < -0.3 is 29.7 Å². The normalized spacial score (nSPS) is 17.1. The third-order valence-corrected chi connectivity index (χ3v) is 4.63. The number of hydrogen-bond acceptors (Lipinski definition) is 7. The summed E-state index contributed by atoms with van der Waals surface area (Å²) in [5, 5.41) is 12.1. The van der Waals surface area contributed by atoms with Gasteiger partial charge in [-0.15, -0.1) is 0 Å². The van der Waals surface area contributed by atoms with Gasteiger partial charge in [-0.1, -0.05) is 6.07 Å². The maximum atomic E-state index is 12.7. The third-order valence-electron chi connectivity index (χ3n) is 4.63. The Morgan fingerprint density at radius 1 is 1.29 bits per heavy atom. The second-order valence-corrected chi connectivity index (χ2v) is 6.41. The molecule has 1 fully saturated rings. The number of carbonyl (C=O) groups excluding carboxylic acids is 3. The van der Waals surface area contributed by atoms with Crippen LogP contribution in [0, 0.1) is 0 Å². The van der Waals surface area contributed by atoms with Gasteiger partial charge in [0.15, 0.2) is 0 Å². The van der Waals surface area contributed by atoms with Crippen LogP contribution in [-0.2, 0) is 19.1 Å². The van der Waals surface area contributed by atoms with Gasteiger partial charge in [0.2, 0.25) is 0 Å². The minimum atomic E-state index is -0.614. The van der Waals surface area contributed by atoms with Crippen LogP contribution in [-0.4, -0.2) is 85.8 Å². The molecule has 9 heteroatoms. The van der Waals surface area contributed by atoms with Crippen molar-refractivity contribution in [1.29, 1.82) is 0 Å². The smallest absolute Gasteiger partial charge is 0.337 e. The van der Waals surface area contributed by atoms with Gasteiger partial charge >= 0.3 is 5.97 Å². The molecule has 2 aliphatic rings. The first-order valence-electron chi connectivity index (χ1n) is 9.01. The Morgan fingerprint density at radius 2 is 2.04 bits per heavy atom. The fraction of sp³-hybridized carbons (Fsp3) is 0.421. The molecule has 0 atom stereocenters. The molecule has 2 amide bonds. The van der Waals surface area contributed by atoms with Crippen LogP contribution in [0.3, 0.4) is 0 Å². The van der Waals surface area contributed by atoms with Gasteiger partial charge in [-0.3, -0.25) is 9.59 Å². The van der Waals surface area contributed by atoms with Gasteiger partial charge in [0, 0.05) is 30.9 Å². The summed E-state index contributed by atoms with van der Waals surface area (Å²) in [6.45, 7) is 2.03. The number of morpholine rings is 1. The summed E-state index contributed by atoms with van der Waals surface area (Å²) in [6, 6.07) is 6.76. The monoisotopic (exact) mass is 389 g/mol. The van der Waals surface area contributed by atoms with Crippen LogP contribution in [0.15, 0.2) is 35.5 Å². The second kappa shape index (κ2) is 8.85. The van der Waals surface area contributed by atoms with Gasteiger partial charge in [0.25, 0.3) is 11.8 Å². The van der Waals surface area contributed by atoms with Crippen molar-refractivity contribution in [3.8, 4) is 0 Å². The molecule has 0 spiro atoms. The van der Waals surface area contributed by atoms with Crippen LogP contribution >= 0.6 is 0 Å². The molecule has 1 aromatic carbocycles. The lowest BCUT2D eigenvalue weighted by molar-refractivity contribution is -0.136. The number of nitrogens with one attached hydrogen (secondary N) is 1. The first-order valence-corrected chi connectivity index (χ1v) is 9.01. The molecule has 3 rings (SSSR count). The number of anilines is 1. The molecule has 0 unspecified atom stereocenters. The van der Waals surface area contributed by atoms with Gasteiger partial charge in [0.05, 0.1) is 39.0 Å². The molecular weight excluding hydrogens is 366 g/mol. The molecule has 0 saturated carbocycles. The highest BCUT2D eigenvalue weighted by Crippen LogP contribution is 2.23. The number of nitrogens with zero attached hydrogens (tertiary/aromatic N) is 2. The van der Waals surface area contributed by atoms with Crippen LogP contribution in [0.25, 0.3) is 0 Å². The molecule has 1 aromatic rings. The summed E-state index contributed by atoms with van der Waals surface area (Å²) in [7, 11) is 1.24. The standard InChI is InChI=1S/C19H23N3O6/c1-27-19(26)15-12-22(5-8-23)18(25)16(15)20-14-4-2-3-13(11-14)17(24)21-6-9-28-10-7-21/h2-4,11,20,23H,5-10,12H2,1H3. The van der Waals surface area contributed by atoms with Crippen molar-refractivity contribution in [3.63, 3.8) is 0 Å². The number of methoxy groups -OCH3 is 1. The molecule has 1 saturated heterocycles. The number of rotatable bonds is 6. The van der Waals surface area contributed by atoms with Crippen molar-refractivity contribution >= 4 is 23.5 Å². The lowest BCUT2D eigenvalue weighted by atomic mass is 10.1. The number of benzene rings is 1. The van der Waals surface area contributed by atoms with Crippen molar-refractivity contribution < 1.29 is 29.0 Å². The molecule has 2 N–H and O–H groups in total. The fourth-order valence-corrected chi connectivity index (χ4v) is 3.17. The van der Waals surface area contributed by atoms with E-state index in [-0.39, 0.29) is 36.9 Å². The molecule has 150 valence electrons. The molecule has 0 aromatic heterocycles. The summed E-state index contributed by atoms with van der Waals surface area (Å²) in [6.07, 6.45) is 0. The summed E-state index contributed by atoms with van der Waals surface area (Å²) >= 11 is 0. The number of esters is 1. The Balaban J connectivity index is 1.82. The first kappa shape index (κ1) is 19.8. The zero-order chi connectivity index (χ0) is 20.1. The van der Waals surface area contributed by atoms with Crippen molar-refractivity contribution in [2.75, 3.05) is 58.4 Å². The molecule has 0 bridgehead atoms. The molecule has 2 heterocycles. The van der Waals surface area contributed by atoms with Crippen molar-refractivity contribution in [2.45, 2.75) is 0 Å². The average Bonchev–Trinajstić information content (AvgIpc) is 3.03. The predicted octanol–water partition coefficient (Wildman–Crippen LogP) is -0.167. The summed E-state index contributed by atoms with van der Waals surface area (Å²) in [5.41, 5.74) is 1.27. The Morgan fingerprint density at radius 3 is 2.71 bits per heavy atom. The average molecular weight is 389 g/mol. The van der Waals surface area contributed by atoms with E-state index in [9.17, 15) is 14.4 Å². The number of hydrogen-bond donors (Lipinski definition) is 2. The van der Waals surface area contributed by atoms with Crippen molar-refractivity contribution in [3.05, 3.63) is 41.1 Å². The summed E-state index contributed by atoms with van der Waals surface area (Å²) in [5.74, 6) is -1.13. The molecule has 0 aliphatic carbocycles. The Kier molecular flexibility index (Phi) is 6.27. The largest absolute Gasteiger partial charge is 0.466 e. The van der Waals surface area contributed by atoms with E-state index in [0.717, 1.165) is 0 Å². The molecular formula is C19H23N3O6. The van der Waals surface area contributed by atoms with Gasteiger partial charge in [-0.2, -0.15) is 0 Å². The Bertz CT molecular complexity index is 801. The topological polar surface area (TPSA) is 108 Å². The zero-order valence-electron chi connectivity index (χ0n) is 15.6. The zero-order valence-corrected chi connectivity index (χ0v) is 15.6. The SMILES string of the molecule is COC(=O)C1=C(Nc2cccc(C(=O)N3CCOCC3)c2)C(=O)N(CCO)C1. The molecule has 28 heavy (non-hydrogen) atoms. The number of amides is 2. The first-order chi connectivity index (χ1) is 13.5. The van der Waals surface area contributed by atoms with E-state index in [1.165, 1.54) is 12.0 Å². The third kappa shape index (κ3) is 4.15. The highest BCUT2D eigenvalue weighted by atomic mass is 16.5. The van der Waals surface area contributed by atoms with Gasteiger partial charge in [-0.05, 0) is 18.2 Å². The molecule has 9 nitrogen and oxygen atoms in total. The maximum absolute atomic E-state index is 12.7. The Labute approximate surface area is 162 Å². The van der Waals surface area contributed by atoms with E-state index in [1.54, 1.807) is 29.2 Å². The van der Waals surface area contributed by atoms with Crippen LogP contribution in [0.2, 0.25) is 0 Å². The second-order valence-electron chi connectivity index (χ2n) is 6.41. The maximum Gasteiger partial charge on any atom is 0.337 e. The van der Waals surface area contributed by atoms with E-state index >= 15 is 0 Å². The van der Waals surface area contributed by atoms with Crippen LogP contribution in [0.4, 0.5) is 5.69 Å². The number of β-amino-alcohol motifs (C(OH)–C–C–N with tert-alkyl or cyclic N) is 1. The van der Waals surface area contributed by atoms with E-state index in [1.807, 2.05) is 0 Å². The van der Waals surface area contributed by atoms with Gasteiger partial charge in [-0.25, -0.2) is 4.79 Å². The minimum absolute atomic E-state index is 0.0563. The molecule has 2 aliphatic heterocycles. The number of carbonyl (C=O) groups is 3. The lowest BCUT2D eigenvalue weighted by Gasteiger charge is -2.27. The van der Waals surface area contributed by atoms with E-state index in [0.29, 0.717) is 37.6 Å². The lowest BCUT2D eigenvalue weighted by Crippen LogP contribution is -2.40. The van der Waals surface area contributed by atoms with Crippen LogP contribution < -0.4 is 5.32 Å². The highest BCUT2D eigenvalue weighted by Gasteiger charge is 2.34. The number of aliphatic hydroxyl groups is 1. The quantitative estimate of drug-likeness (QED) is 0.651. The fourth-order valence-electron chi connectivity index (χ4n) is 3.17. The van der Waals surface area contributed by atoms with Crippen molar-refractivity contribution in [1.82, 2.24) is 9.80 Å². The molecule has 0 radical (unpaired) electrons. The number of aliphatic hydroxyl groups excluding tert-OH is 1. The highest BCUT2D eigenvalue weighted by molar-refractivity contribution is 6.08. The van der Waals surface area contributed by atoms with Crippen LogP contribution in [0.5, 0.6) is 0 Å². The van der Waals surface area contributed by atoms with Gasteiger partial charge in [0.1, 0.15) is 5.70 Å². The van der Waals surface area contributed by atoms with Crippen LogP contribution in [0.1, 0.15) is 10.4 Å². The minimum Gasteiger partial charge on any atom is -0.466 e. The van der Waals surface area contributed by atoms with E-state index in [4.69, 9.17) is 14.6 Å². The van der Waals surface area contributed by atoms with Crippen molar-refractivity contribution in [2.24, 2.45) is 0 Å². The van der Waals surface area contributed by atoms with E-state index < -0.39 is 11.9 Å². The predicted molar refractivity (Wildman–Crippen MR) is 99.5 cm³/mol. The summed E-state index contributed by atoms with van der Waals surface area (Å²) in [4.78, 5) is 40.4. The number of ether oxygens (including phenoxy) is 2.